The quantitative estimate of drug-likeness (QED) is 0.837. The summed E-state index contributed by atoms with van der Waals surface area (Å²) in [5, 5.41) is 18.1. The monoisotopic (exact) mass is 358 g/mol. The molecule has 4 rings (SSSR count). The number of hydrogen-bond donors (Lipinski definition) is 2. The number of aromatic nitrogens is 5. The van der Waals surface area contributed by atoms with Gasteiger partial charge in [-0.05, 0) is 44.1 Å². The van der Waals surface area contributed by atoms with Crippen molar-refractivity contribution in [1.82, 2.24) is 24.3 Å². The minimum absolute atomic E-state index is 0.0942. The third kappa shape index (κ3) is 3.13. The number of aryl methyl sites for hydroxylation is 3. The van der Waals surface area contributed by atoms with Gasteiger partial charge in [0.05, 0.1) is 6.10 Å². The van der Waals surface area contributed by atoms with Gasteiger partial charge in [0.1, 0.15) is 5.82 Å². The summed E-state index contributed by atoms with van der Waals surface area (Å²) in [6, 6.07) is 0. The molecule has 2 aliphatic rings. The zero-order chi connectivity index (χ0) is 18.3. The van der Waals surface area contributed by atoms with Crippen molar-refractivity contribution in [2.45, 2.75) is 50.5 Å². The average molecular weight is 358 g/mol. The Balaban J connectivity index is 1.41. The Hall–Kier alpha value is -2.22. The summed E-state index contributed by atoms with van der Waals surface area (Å²) in [4.78, 5) is 21.0. The maximum atomic E-state index is 11.9. The molecule has 8 nitrogen and oxygen atoms in total. The van der Waals surface area contributed by atoms with E-state index in [9.17, 15) is 9.90 Å². The van der Waals surface area contributed by atoms with Crippen LogP contribution >= 0.6 is 0 Å². The van der Waals surface area contributed by atoms with E-state index in [4.69, 9.17) is 0 Å². The highest BCUT2D eigenvalue weighted by molar-refractivity contribution is 5.31. The van der Waals surface area contributed by atoms with Gasteiger partial charge in [-0.2, -0.15) is 5.10 Å². The molecule has 0 saturated heterocycles. The highest BCUT2D eigenvalue weighted by atomic mass is 16.3. The van der Waals surface area contributed by atoms with E-state index in [1.807, 2.05) is 6.20 Å². The van der Waals surface area contributed by atoms with E-state index in [-0.39, 0.29) is 17.5 Å². The first-order valence-electron chi connectivity index (χ1n) is 9.39. The van der Waals surface area contributed by atoms with Crippen LogP contribution in [-0.2, 0) is 26.9 Å². The van der Waals surface area contributed by atoms with Gasteiger partial charge in [0, 0.05) is 44.4 Å². The van der Waals surface area contributed by atoms with Crippen molar-refractivity contribution in [3.63, 3.8) is 0 Å². The van der Waals surface area contributed by atoms with Gasteiger partial charge in [0.25, 0.3) is 0 Å². The topological polar surface area (TPSA) is 97.9 Å². The van der Waals surface area contributed by atoms with Crippen molar-refractivity contribution in [3.05, 3.63) is 33.8 Å². The number of aliphatic hydroxyl groups is 1. The number of rotatable bonds is 4. The fourth-order valence-corrected chi connectivity index (χ4v) is 4.25. The zero-order valence-electron chi connectivity index (χ0n) is 15.4. The zero-order valence-corrected chi connectivity index (χ0v) is 15.4. The number of anilines is 1. The first-order valence-corrected chi connectivity index (χ1v) is 9.39. The van der Waals surface area contributed by atoms with Crippen molar-refractivity contribution in [2.24, 2.45) is 20.0 Å². The van der Waals surface area contributed by atoms with E-state index < -0.39 is 6.10 Å². The van der Waals surface area contributed by atoms with E-state index in [2.05, 4.69) is 20.4 Å². The van der Waals surface area contributed by atoms with E-state index in [0.717, 1.165) is 30.8 Å². The number of hydrogen-bond acceptors (Lipinski definition) is 6. The second-order valence-electron chi connectivity index (χ2n) is 7.57. The van der Waals surface area contributed by atoms with Gasteiger partial charge in [0.15, 0.2) is 0 Å². The SMILES string of the molecule is Cn1nc([C@H]2C[C@H](CNc3ncc4c(n3)CCCC4)[C@H](O)C2)n(C)c1=O. The highest BCUT2D eigenvalue weighted by Gasteiger charge is 2.36. The van der Waals surface area contributed by atoms with Gasteiger partial charge in [-0.3, -0.25) is 4.57 Å². The van der Waals surface area contributed by atoms with Gasteiger partial charge < -0.3 is 10.4 Å². The molecule has 1 saturated carbocycles. The summed E-state index contributed by atoms with van der Waals surface area (Å²) in [7, 11) is 3.40. The Morgan fingerprint density at radius 2 is 2.08 bits per heavy atom. The molecule has 0 radical (unpaired) electrons. The van der Waals surface area contributed by atoms with Gasteiger partial charge in [-0.25, -0.2) is 19.4 Å². The van der Waals surface area contributed by atoms with Crippen LogP contribution in [0.1, 0.15) is 48.7 Å². The van der Waals surface area contributed by atoms with Gasteiger partial charge in [0.2, 0.25) is 5.95 Å². The maximum absolute atomic E-state index is 11.9. The first-order chi connectivity index (χ1) is 12.5. The molecule has 3 atom stereocenters. The summed E-state index contributed by atoms with van der Waals surface area (Å²) < 4.78 is 2.94. The summed E-state index contributed by atoms with van der Waals surface area (Å²) >= 11 is 0. The van der Waals surface area contributed by atoms with E-state index in [1.54, 1.807) is 18.7 Å². The molecule has 2 N–H and O–H groups in total. The molecule has 0 bridgehead atoms. The third-order valence-electron chi connectivity index (χ3n) is 5.77. The number of nitrogens with zero attached hydrogens (tertiary/aromatic N) is 5. The Kier molecular flexibility index (Phi) is 4.52. The molecule has 0 aliphatic heterocycles. The van der Waals surface area contributed by atoms with Crippen molar-refractivity contribution in [2.75, 3.05) is 11.9 Å². The second-order valence-corrected chi connectivity index (χ2v) is 7.57. The largest absolute Gasteiger partial charge is 0.393 e. The summed E-state index contributed by atoms with van der Waals surface area (Å²) in [5.74, 6) is 1.59. The number of nitrogens with one attached hydrogen (secondary N) is 1. The van der Waals surface area contributed by atoms with Gasteiger partial charge in [-0.1, -0.05) is 0 Å². The van der Waals surface area contributed by atoms with Crippen LogP contribution in [0.15, 0.2) is 11.0 Å². The number of fused-ring (bicyclic) bond motifs is 1. The molecule has 0 unspecified atom stereocenters. The Bertz CT molecular complexity index is 858. The normalized spacial score (nSPS) is 25.3. The van der Waals surface area contributed by atoms with E-state index >= 15 is 0 Å². The van der Waals surface area contributed by atoms with Crippen LogP contribution in [0.2, 0.25) is 0 Å². The molecule has 2 aromatic heterocycles. The maximum Gasteiger partial charge on any atom is 0.345 e. The molecule has 2 aromatic rings. The van der Waals surface area contributed by atoms with Crippen LogP contribution in [0.25, 0.3) is 0 Å². The summed E-state index contributed by atoms with van der Waals surface area (Å²) in [6.45, 7) is 0.622. The van der Waals surface area contributed by atoms with Crippen LogP contribution < -0.4 is 11.0 Å². The predicted octanol–water partition coefficient (Wildman–Crippen LogP) is 0.754. The Labute approximate surface area is 152 Å². The summed E-state index contributed by atoms with van der Waals surface area (Å²) in [5.41, 5.74) is 2.29. The van der Waals surface area contributed by atoms with Gasteiger partial charge in [-0.15, -0.1) is 0 Å². The standard InChI is InChI=1S/C18H26N6O2/c1-23-16(22-24(2)18(23)26)12-7-13(15(25)8-12)10-20-17-19-9-11-5-3-4-6-14(11)21-17/h9,12-13,15,25H,3-8,10H2,1-2H3,(H,19,20,21)/t12-,13+,15+/m0/s1. The Morgan fingerprint density at radius 3 is 2.85 bits per heavy atom. The fraction of sp³-hybridized carbons (Fsp3) is 0.667. The van der Waals surface area contributed by atoms with Crippen molar-refractivity contribution in [1.29, 1.82) is 0 Å². The van der Waals surface area contributed by atoms with Gasteiger partial charge >= 0.3 is 5.69 Å². The Morgan fingerprint density at radius 1 is 1.27 bits per heavy atom. The van der Waals surface area contributed by atoms with E-state index in [1.165, 1.54) is 23.1 Å². The second kappa shape index (κ2) is 6.83. The molecular formula is C18H26N6O2. The van der Waals surface area contributed by atoms with Crippen LogP contribution in [0.5, 0.6) is 0 Å². The molecular weight excluding hydrogens is 332 g/mol. The first kappa shape index (κ1) is 17.2. The smallest absolute Gasteiger partial charge is 0.345 e. The molecule has 1 fully saturated rings. The van der Waals surface area contributed by atoms with E-state index in [0.29, 0.717) is 18.9 Å². The average Bonchev–Trinajstić information content (AvgIpc) is 3.14. The fourth-order valence-electron chi connectivity index (χ4n) is 4.25. The lowest BCUT2D eigenvalue weighted by molar-refractivity contribution is 0.137. The van der Waals surface area contributed by atoms with Crippen molar-refractivity contribution in [3.8, 4) is 0 Å². The predicted molar refractivity (Wildman–Crippen MR) is 97.1 cm³/mol. The van der Waals surface area contributed by atoms with Crippen LogP contribution in [0.4, 0.5) is 5.95 Å². The van der Waals surface area contributed by atoms with Crippen LogP contribution in [-0.4, -0.2) is 42.1 Å². The highest BCUT2D eigenvalue weighted by Crippen LogP contribution is 2.37. The van der Waals surface area contributed by atoms with Crippen molar-refractivity contribution >= 4 is 5.95 Å². The van der Waals surface area contributed by atoms with Crippen LogP contribution in [0, 0.1) is 5.92 Å². The lowest BCUT2D eigenvalue weighted by Crippen LogP contribution is -2.23. The van der Waals surface area contributed by atoms with Crippen molar-refractivity contribution < 1.29 is 5.11 Å². The number of aliphatic hydroxyl groups excluding tert-OH is 1. The lowest BCUT2D eigenvalue weighted by Gasteiger charge is -2.17. The lowest BCUT2D eigenvalue weighted by atomic mass is 9.98. The molecule has 2 aliphatic carbocycles. The molecule has 140 valence electrons. The molecule has 0 amide bonds. The molecule has 8 heteroatoms. The van der Waals surface area contributed by atoms with Crippen LogP contribution in [0.3, 0.4) is 0 Å². The molecule has 0 spiro atoms. The third-order valence-corrected chi connectivity index (χ3v) is 5.77. The molecule has 0 aromatic carbocycles. The molecule has 26 heavy (non-hydrogen) atoms. The molecule has 2 heterocycles. The summed E-state index contributed by atoms with van der Waals surface area (Å²) in [6.07, 6.45) is 7.44. The minimum atomic E-state index is -0.415. The minimum Gasteiger partial charge on any atom is -0.393 e.